The number of carbonyl (C=O) groups excluding carboxylic acids is 3. The normalized spacial score (nSPS) is 13.0. The predicted molar refractivity (Wildman–Crippen MR) is 113 cm³/mol. The molecule has 0 saturated carbocycles. The molecule has 6 nitrogen and oxygen atoms in total. The topological polar surface area (TPSA) is 88.4 Å². The quantitative estimate of drug-likeness (QED) is 0.496. The van der Waals surface area contributed by atoms with Gasteiger partial charge in [0.05, 0.1) is 0 Å². The SMILES string of the molecule is Cc1c(C(=O)NNC(=O)CCC(=O)c2ccc3c(c2)CCCC3)oc2ccccc12. The molecular formula is C24H24N2O4. The average molecular weight is 404 g/mol. The van der Waals surface area contributed by atoms with Crippen molar-refractivity contribution in [3.63, 3.8) is 0 Å². The minimum atomic E-state index is -0.530. The van der Waals surface area contributed by atoms with Gasteiger partial charge in [-0.3, -0.25) is 25.2 Å². The van der Waals surface area contributed by atoms with Crippen LogP contribution in [0.15, 0.2) is 46.9 Å². The number of hydrogen-bond donors (Lipinski definition) is 2. The van der Waals surface area contributed by atoms with E-state index in [2.05, 4.69) is 10.9 Å². The van der Waals surface area contributed by atoms with Crippen LogP contribution in [0.5, 0.6) is 0 Å². The Kier molecular flexibility index (Phi) is 5.65. The molecule has 6 heteroatoms. The Labute approximate surface area is 174 Å². The van der Waals surface area contributed by atoms with Gasteiger partial charge >= 0.3 is 5.91 Å². The number of aryl methyl sites for hydroxylation is 3. The molecule has 0 fully saturated rings. The lowest BCUT2D eigenvalue weighted by molar-refractivity contribution is -0.121. The van der Waals surface area contributed by atoms with Gasteiger partial charge in [-0.15, -0.1) is 0 Å². The van der Waals surface area contributed by atoms with Crippen LogP contribution in [0.25, 0.3) is 11.0 Å². The predicted octanol–water partition coefficient (Wildman–Crippen LogP) is 4.04. The third-order valence-corrected chi connectivity index (χ3v) is 5.61. The Bertz CT molecular complexity index is 1130. The molecule has 1 aliphatic rings. The summed E-state index contributed by atoms with van der Waals surface area (Å²) in [6.07, 6.45) is 4.50. The van der Waals surface area contributed by atoms with Crippen LogP contribution in [0.1, 0.15) is 63.3 Å². The Morgan fingerprint density at radius 1 is 0.933 bits per heavy atom. The van der Waals surface area contributed by atoms with Gasteiger partial charge in [-0.05, 0) is 55.9 Å². The second-order valence-electron chi connectivity index (χ2n) is 7.67. The van der Waals surface area contributed by atoms with Gasteiger partial charge in [0.1, 0.15) is 5.58 Å². The number of nitrogens with one attached hydrogen (secondary N) is 2. The molecule has 1 aliphatic carbocycles. The lowest BCUT2D eigenvalue weighted by Gasteiger charge is -2.16. The summed E-state index contributed by atoms with van der Waals surface area (Å²) in [7, 11) is 0. The Balaban J connectivity index is 1.30. The number of para-hydroxylation sites is 1. The summed E-state index contributed by atoms with van der Waals surface area (Å²) in [5.41, 5.74) is 9.24. The molecule has 0 radical (unpaired) electrons. The third-order valence-electron chi connectivity index (χ3n) is 5.61. The number of ketones is 1. The first-order valence-electron chi connectivity index (χ1n) is 10.3. The summed E-state index contributed by atoms with van der Waals surface area (Å²) in [4.78, 5) is 36.9. The van der Waals surface area contributed by atoms with Crippen molar-refractivity contribution in [3.05, 3.63) is 70.5 Å². The molecule has 0 aliphatic heterocycles. The van der Waals surface area contributed by atoms with Gasteiger partial charge in [-0.1, -0.05) is 30.3 Å². The first kappa shape index (κ1) is 19.9. The fraction of sp³-hybridized carbons (Fsp3) is 0.292. The van der Waals surface area contributed by atoms with Crippen LogP contribution >= 0.6 is 0 Å². The van der Waals surface area contributed by atoms with Crippen LogP contribution < -0.4 is 10.9 Å². The van der Waals surface area contributed by atoms with E-state index in [1.54, 1.807) is 13.0 Å². The van der Waals surface area contributed by atoms with Crippen molar-refractivity contribution in [2.24, 2.45) is 0 Å². The number of hydrogen-bond acceptors (Lipinski definition) is 4. The van der Waals surface area contributed by atoms with E-state index in [9.17, 15) is 14.4 Å². The smallest absolute Gasteiger partial charge is 0.305 e. The van der Waals surface area contributed by atoms with Crippen molar-refractivity contribution < 1.29 is 18.8 Å². The number of carbonyl (C=O) groups is 3. The highest BCUT2D eigenvalue weighted by Gasteiger charge is 2.18. The van der Waals surface area contributed by atoms with E-state index in [1.807, 2.05) is 36.4 Å². The Morgan fingerprint density at radius 3 is 2.50 bits per heavy atom. The van der Waals surface area contributed by atoms with E-state index in [4.69, 9.17) is 4.42 Å². The van der Waals surface area contributed by atoms with Crippen LogP contribution in [0.2, 0.25) is 0 Å². The minimum Gasteiger partial charge on any atom is -0.451 e. The van der Waals surface area contributed by atoms with E-state index in [0.29, 0.717) is 16.7 Å². The van der Waals surface area contributed by atoms with Crippen molar-refractivity contribution in [2.45, 2.75) is 45.4 Å². The van der Waals surface area contributed by atoms with Crippen molar-refractivity contribution in [2.75, 3.05) is 0 Å². The fourth-order valence-electron chi connectivity index (χ4n) is 3.91. The highest BCUT2D eigenvalue weighted by Crippen LogP contribution is 2.25. The molecule has 0 saturated heterocycles. The fourth-order valence-corrected chi connectivity index (χ4v) is 3.91. The highest BCUT2D eigenvalue weighted by atomic mass is 16.3. The summed E-state index contributed by atoms with van der Waals surface area (Å²) in [5.74, 6) is -0.874. The number of amides is 2. The zero-order valence-electron chi connectivity index (χ0n) is 16.9. The number of Topliss-reactive ketones (excluding diaryl/α,β-unsaturated/α-hetero) is 1. The monoisotopic (exact) mass is 404 g/mol. The van der Waals surface area contributed by atoms with Crippen LogP contribution in [0.3, 0.4) is 0 Å². The number of hydrazine groups is 1. The van der Waals surface area contributed by atoms with Crippen molar-refractivity contribution >= 4 is 28.6 Å². The molecule has 3 aromatic rings. The second kappa shape index (κ2) is 8.53. The largest absolute Gasteiger partial charge is 0.451 e. The summed E-state index contributed by atoms with van der Waals surface area (Å²) in [6.45, 7) is 1.79. The van der Waals surface area contributed by atoms with E-state index in [0.717, 1.165) is 24.6 Å². The van der Waals surface area contributed by atoms with Crippen LogP contribution in [0, 0.1) is 6.92 Å². The third kappa shape index (κ3) is 4.13. The lowest BCUT2D eigenvalue weighted by atomic mass is 9.89. The first-order chi connectivity index (χ1) is 14.5. The Morgan fingerprint density at radius 2 is 1.70 bits per heavy atom. The molecule has 0 bridgehead atoms. The van der Waals surface area contributed by atoms with Gasteiger partial charge in [0.15, 0.2) is 11.5 Å². The molecule has 30 heavy (non-hydrogen) atoms. The zero-order valence-corrected chi connectivity index (χ0v) is 16.9. The van der Waals surface area contributed by atoms with Crippen LogP contribution in [-0.4, -0.2) is 17.6 Å². The maximum absolute atomic E-state index is 12.5. The Hall–Kier alpha value is -3.41. The second-order valence-corrected chi connectivity index (χ2v) is 7.67. The lowest BCUT2D eigenvalue weighted by Crippen LogP contribution is -2.41. The molecule has 0 unspecified atom stereocenters. The van der Waals surface area contributed by atoms with Crippen LogP contribution in [-0.2, 0) is 17.6 Å². The average Bonchev–Trinajstić information content (AvgIpc) is 3.12. The summed E-state index contributed by atoms with van der Waals surface area (Å²) < 4.78 is 5.58. The van der Waals surface area contributed by atoms with Crippen molar-refractivity contribution in [1.29, 1.82) is 0 Å². The van der Waals surface area contributed by atoms with E-state index in [-0.39, 0.29) is 24.4 Å². The summed E-state index contributed by atoms with van der Waals surface area (Å²) in [6, 6.07) is 13.2. The van der Waals surface area contributed by atoms with E-state index < -0.39 is 11.8 Å². The number of rotatable bonds is 5. The number of fused-ring (bicyclic) bond motifs is 2. The van der Waals surface area contributed by atoms with Gasteiger partial charge in [0.2, 0.25) is 5.91 Å². The van der Waals surface area contributed by atoms with Gasteiger partial charge in [-0.25, -0.2) is 0 Å². The minimum absolute atomic E-state index is 0.00465. The summed E-state index contributed by atoms with van der Waals surface area (Å²) in [5, 5.41) is 0.852. The van der Waals surface area contributed by atoms with Gasteiger partial charge in [0, 0.05) is 29.4 Å². The van der Waals surface area contributed by atoms with Crippen LogP contribution in [0.4, 0.5) is 0 Å². The van der Waals surface area contributed by atoms with Crippen molar-refractivity contribution in [3.8, 4) is 0 Å². The standard InChI is InChI=1S/C24H24N2O4/c1-15-19-8-4-5-9-21(19)30-23(15)24(29)26-25-22(28)13-12-20(27)18-11-10-16-6-2-3-7-17(16)14-18/h4-5,8-11,14H,2-3,6-7,12-13H2,1H3,(H,25,28)(H,26,29). The van der Waals surface area contributed by atoms with E-state index >= 15 is 0 Å². The number of furan rings is 1. The molecule has 4 rings (SSSR count). The van der Waals surface area contributed by atoms with Crippen molar-refractivity contribution in [1.82, 2.24) is 10.9 Å². The van der Waals surface area contributed by atoms with E-state index in [1.165, 1.54) is 17.5 Å². The molecule has 1 aromatic heterocycles. The molecule has 1 heterocycles. The van der Waals surface area contributed by atoms with Gasteiger partial charge in [0.25, 0.3) is 0 Å². The molecule has 0 atom stereocenters. The molecule has 2 N–H and O–H groups in total. The van der Waals surface area contributed by atoms with Gasteiger partial charge < -0.3 is 4.42 Å². The molecule has 2 amide bonds. The molecule has 0 spiro atoms. The van der Waals surface area contributed by atoms with Gasteiger partial charge in [-0.2, -0.15) is 0 Å². The zero-order chi connectivity index (χ0) is 21.1. The molecular weight excluding hydrogens is 380 g/mol. The molecule has 154 valence electrons. The molecule has 2 aromatic carbocycles. The number of benzene rings is 2. The highest BCUT2D eigenvalue weighted by molar-refractivity contribution is 6.00. The summed E-state index contributed by atoms with van der Waals surface area (Å²) >= 11 is 0. The first-order valence-corrected chi connectivity index (χ1v) is 10.3. The maximum atomic E-state index is 12.5. The maximum Gasteiger partial charge on any atom is 0.305 e.